The zero-order valence-electron chi connectivity index (χ0n) is 22.0. The Labute approximate surface area is 225 Å². The van der Waals surface area contributed by atoms with Gasteiger partial charge in [0, 0.05) is 49.3 Å². The van der Waals surface area contributed by atoms with Crippen molar-refractivity contribution in [1.29, 1.82) is 0 Å². The highest BCUT2D eigenvalue weighted by Crippen LogP contribution is 2.36. The van der Waals surface area contributed by atoms with Crippen LogP contribution in [0.3, 0.4) is 0 Å². The molecule has 10 heteroatoms. The van der Waals surface area contributed by atoms with Gasteiger partial charge in [0.1, 0.15) is 5.65 Å². The van der Waals surface area contributed by atoms with Crippen molar-refractivity contribution in [3.8, 4) is 11.3 Å². The average molecular weight is 542 g/mol. The number of benzene rings is 1. The highest BCUT2D eigenvalue weighted by molar-refractivity contribution is 5.81. The van der Waals surface area contributed by atoms with Crippen LogP contribution in [0.1, 0.15) is 51.0 Å². The number of carbonyl (C=O) groups excluding carboxylic acids is 2. The van der Waals surface area contributed by atoms with Crippen LogP contribution in [-0.4, -0.2) is 46.9 Å². The first-order chi connectivity index (χ1) is 18.7. The largest absolute Gasteiger partial charge is 0.417 e. The lowest BCUT2D eigenvalue weighted by Gasteiger charge is -2.34. The smallest absolute Gasteiger partial charge is 0.356 e. The molecule has 0 bridgehead atoms. The zero-order valence-corrected chi connectivity index (χ0v) is 22.0. The van der Waals surface area contributed by atoms with Gasteiger partial charge in [0.15, 0.2) is 5.82 Å². The summed E-state index contributed by atoms with van der Waals surface area (Å²) >= 11 is 0. The molecule has 1 saturated heterocycles. The van der Waals surface area contributed by atoms with Crippen LogP contribution in [0.2, 0.25) is 0 Å². The molecule has 2 aliphatic rings. The summed E-state index contributed by atoms with van der Waals surface area (Å²) < 4.78 is 42.0. The monoisotopic (exact) mass is 541 g/mol. The molecule has 0 radical (unpaired) electrons. The second-order valence-electron chi connectivity index (χ2n) is 10.5. The van der Waals surface area contributed by atoms with E-state index in [1.165, 1.54) is 10.5 Å². The van der Waals surface area contributed by atoms with Gasteiger partial charge >= 0.3 is 6.18 Å². The number of carbonyl (C=O) groups is 2. The number of hydrogen-bond acceptors (Lipinski definition) is 4. The first-order valence-corrected chi connectivity index (χ1v) is 13.7. The molecule has 3 aromatic rings. The van der Waals surface area contributed by atoms with Gasteiger partial charge in [-0.1, -0.05) is 36.8 Å². The number of imidazole rings is 1. The van der Waals surface area contributed by atoms with Gasteiger partial charge in [-0.25, -0.2) is 4.98 Å². The molecule has 2 N–H and O–H groups in total. The molecule has 2 fully saturated rings. The van der Waals surface area contributed by atoms with Crippen LogP contribution in [0, 0.1) is 11.8 Å². The van der Waals surface area contributed by atoms with Crippen LogP contribution >= 0.6 is 0 Å². The fraction of sp³-hybridized carbons (Fsp3) is 0.483. The lowest BCUT2D eigenvalue weighted by molar-refractivity contribution is -0.137. The third-order valence-electron chi connectivity index (χ3n) is 7.88. The van der Waals surface area contributed by atoms with Crippen molar-refractivity contribution >= 4 is 23.3 Å². The van der Waals surface area contributed by atoms with Crippen LogP contribution < -0.4 is 15.5 Å². The summed E-state index contributed by atoms with van der Waals surface area (Å²) in [5.41, 5.74) is 1.09. The minimum Gasteiger partial charge on any atom is -0.356 e. The van der Waals surface area contributed by atoms with E-state index in [1.807, 2.05) is 37.3 Å². The van der Waals surface area contributed by atoms with Crippen LogP contribution in [0.5, 0.6) is 0 Å². The first-order valence-electron chi connectivity index (χ1n) is 13.7. The minimum atomic E-state index is -4.46. The van der Waals surface area contributed by atoms with Crippen LogP contribution in [0.25, 0.3) is 16.9 Å². The van der Waals surface area contributed by atoms with Gasteiger partial charge in [0.25, 0.3) is 0 Å². The lowest BCUT2D eigenvalue weighted by Crippen LogP contribution is -2.46. The van der Waals surface area contributed by atoms with E-state index in [-0.39, 0.29) is 29.7 Å². The molecule has 0 unspecified atom stereocenters. The summed E-state index contributed by atoms with van der Waals surface area (Å²) in [6.07, 6.45) is 1.19. The zero-order chi connectivity index (χ0) is 27.6. The minimum absolute atomic E-state index is 0.00263. The van der Waals surface area contributed by atoms with Gasteiger partial charge < -0.3 is 15.5 Å². The van der Waals surface area contributed by atoms with Crippen molar-refractivity contribution in [3.05, 3.63) is 54.2 Å². The number of fused-ring (bicyclic) bond motifs is 1. The number of aromatic nitrogens is 2. The molecule has 0 spiro atoms. The lowest BCUT2D eigenvalue weighted by atomic mass is 9.84. The summed E-state index contributed by atoms with van der Waals surface area (Å²) in [5, 5.41) is 6.07. The van der Waals surface area contributed by atoms with E-state index < -0.39 is 11.7 Å². The number of nitrogens with zero attached hydrogens (tertiary/aromatic N) is 3. The molecule has 1 saturated carbocycles. The van der Waals surface area contributed by atoms with Crippen molar-refractivity contribution in [3.63, 3.8) is 0 Å². The van der Waals surface area contributed by atoms with Gasteiger partial charge in [-0.3, -0.25) is 14.0 Å². The maximum atomic E-state index is 13.5. The van der Waals surface area contributed by atoms with Crippen LogP contribution in [0.15, 0.2) is 48.7 Å². The van der Waals surface area contributed by atoms with E-state index in [9.17, 15) is 22.8 Å². The van der Waals surface area contributed by atoms with Gasteiger partial charge in [-0.2, -0.15) is 13.2 Å². The fourth-order valence-corrected chi connectivity index (χ4v) is 5.83. The van der Waals surface area contributed by atoms with Crippen molar-refractivity contribution < 1.29 is 22.8 Å². The molecule has 7 nitrogen and oxygen atoms in total. The SMILES string of the molecule is CCNC(=O)[C@H]1CCC[C@H](NC(=O)C2CCN(c3nc4ccc(C(F)(F)F)cn4c3-c3ccccc3)CC2)C1. The average Bonchev–Trinajstić information content (AvgIpc) is 3.32. The molecule has 39 heavy (non-hydrogen) atoms. The second-order valence-corrected chi connectivity index (χ2v) is 10.5. The summed E-state index contributed by atoms with van der Waals surface area (Å²) in [7, 11) is 0. The Kier molecular flexibility index (Phi) is 7.81. The summed E-state index contributed by atoms with van der Waals surface area (Å²) in [5.74, 6) is 0.491. The maximum absolute atomic E-state index is 13.5. The molecule has 1 aliphatic carbocycles. The van der Waals surface area contributed by atoms with Crippen LogP contribution in [-0.2, 0) is 15.8 Å². The summed E-state index contributed by atoms with van der Waals surface area (Å²) in [6.45, 7) is 3.65. The van der Waals surface area contributed by atoms with Crippen molar-refractivity contribution in [2.45, 2.75) is 57.7 Å². The van der Waals surface area contributed by atoms with E-state index in [1.54, 1.807) is 0 Å². The van der Waals surface area contributed by atoms with E-state index in [0.717, 1.165) is 37.1 Å². The first kappa shape index (κ1) is 27.0. The van der Waals surface area contributed by atoms with E-state index in [4.69, 9.17) is 4.98 Å². The Morgan fingerprint density at radius 3 is 2.41 bits per heavy atom. The van der Waals surface area contributed by atoms with Gasteiger partial charge in [0.05, 0.1) is 11.3 Å². The van der Waals surface area contributed by atoms with Gasteiger partial charge in [-0.15, -0.1) is 0 Å². The Morgan fingerprint density at radius 1 is 0.974 bits per heavy atom. The molecule has 2 amide bonds. The summed E-state index contributed by atoms with van der Waals surface area (Å²) in [4.78, 5) is 32.2. The molecule has 5 rings (SSSR count). The quantitative estimate of drug-likeness (QED) is 0.458. The number of rotatable bonds is 6. The molecule has 2 atom stereocenters. The standard InChI is InChI=1S/C29H34F3N5O2/c1-2-33-27(38)21-9-6-10-23(17-21)34-28(39)20-13-15-36(16-14-20)26-25(19-7-4-3-5-8-19)37-18-22(29(30,31)32)11-12-24(37)35-26/h3-5,7-8,11-12,18,20-21,23H,2,6,9-10,13-17H2,1H3,(H,33,38)(H,34,39)/t21-,23-/m0/s1. The van der Waals surface area contributed by atoms with Gasteiger partial charge in [0.2, 0.25) is 11.8 Å². The molecular weight excluding hydrogens is 507 g/mol. The third kappa shape index (κ3) is 5.89. The highest BCUT2D eigenvalue weighted by atomic mass is 19.4. The number of anilines is 1. The molecule has 2 aromatic heterocycles. The third-order valence-corrected chi connectivity index (χ3v) is 7.88. The predicted molar refractivity (Wildman–Crippen MR) is 143 cm³/mol. The Morgan fingerprint density at radius 2 is 1.72 bits per heavy atom. The van der Waals surface area contributed by atoms with E-state index in [0.29, 0.717) is 56.1 Å². The number of pyridine rings is 1. The molecule has 208 valence electrons. The number of nitrogens with one attached hydrogen (secondary N) is 2. The number of halogens is 3. The molecule has 3 heterocycles. The number of alkyl halides is 3. The Hall–Kier alpha value is -3.56. The second kappa shape index (κ2) is 11.3. The topological polar surface area (TPSA) is 78.7 Å². The van der Waals surface area contributed by atoms with Crippen molar-refractivity contribution in [2.75, 3.05) is 24.5 Å². The number of amides is 2. The fourth-order valence-electron chi connectivity index (χ4n) is 5.83. The van der Waals surface area contributed by atoms with Crippen molar-refractivity contribution in [2.24, 2.45) is 11.8 Å². The highest BCUT2D eigenvalue weighted by Gasteiger charge is 2.34. The number of hydrogen-bond donors (Lipinski definition) is 2. The normalized spacial score (nSPS) is 20.7. The van der Waals surface area contributed by atoms with E-state index >= 15 is 0 Å². The van der Waals surface area contributed by atoms with Crippen LogP contribution in [0.4, 0.5) is 19.0 Å². The van der Waals surface area contributed by atoms with E-state index in [2.05, 4.69) is 15.5 Å². The van der Waals surface area contributed by atoms with Gasteiger partial charge in [-0.05, 0) is 51.2 Å². The molecular formula is C29H34F3N5O2. The Balaban J connectivity index is 1.30. The maximum Gasteiger partial charge on any atom is 0.417 e. The molecule has 1 aromatic carbocycles. The Bertz CT molecular complexity index is 1320. The number of piperidine rings is 1. The predicted octanol–water partition coefficient (Wildman–Crippen LogP) is 5.05. The van der Waals surface area contributed by atoms with Crippen molar-refractivity contribution in [1.82, 2.24) is 20.0 Å². The summed E-state index contributed by atoms with van der Waals surface area (Å²) in [6, 6.07) is 11.8. The molecule has 1 aliphatic heterocycles.